The Morgan fingerprint density at radius 3 is 2.69 bits per heavy atom. The monoisotopic (exact) mass is 226 g/mol. The van der Waals surface area contributed by atoms with Gasteiger partial charge in [-0.05, 0) is 12.1 Å². The highest BCUT2D eigenvalue weighted by molar-refractivity contribution is 5.69. The van der Waals surface area contributed by atoms with E-state index >= 15 is 0 Å². The number of rotatable bonds is 2. The zero-order valence-corrected chi connectivity index (χ0v) is 8.33. The number of benzene rings is 1. The Morgan fingerprint density at radius 1 is 1.38 bits per heavy atom. The molecular formula is C10H8F2N2O2. The Morgan fingerprint density at radius 2 is 2.12 bits per heavy atom. The van der Waals surface area contributed by atoms with Crippen LogP contribution in [-0.2, 0) is 0 Å². The number of hydrogen-bond donors (Lipinski definition) is 1. The number of nitrogens with two attached hydrogens (primary N) is 1. The quantitative estimate of drug-likeness (QED) is 0.852. The minimum atomic E-state index is -1.05. The molecule has 0 fully saturated rings. The van der Waals surface area contributed by atoms with Crippen molar-refractivity contribution in [3.05, 3.63) is 29.8 Å². The molecule has 1 aromatic heterocycles. The van der Waals surface area contributed by atoms with Crippen molar-refractivity contribution < 1.29 is 18.0 Å². The van der Waals surface area contributed by atoms with Crippen molar-refractivity contribution in [2.45, 2.75) is 0 Å². The first-order valence-corrected chi connectivity index (χ1v) is 4.38. The zero-order chi connectivity index (χ0) is 11.7. The van der Waals surface area contributed by atoms with Gasteiger partial charge in [0.25, 0.3) is 0 Å². The third kappa shape index (κ3) is 1.58. The van der Waals surface area contributed by atoms with Gasteiger partial charge >= 0.3 is 0 Å². The average Bonchev–Trinajstić information content (AvgIpc) is 2.68. The molecule has 0 atom stereocenters. The summed E-state index contributed by atoms with van der Waals surface area (Å²) in [4.78, 5) is 0. The van der Waals surface area contributed by atoms with Gasteiger partial charge in [0, 0.05) is 6.07 Å². The maximum Gasteiger partial charge on any atom is 0.222 e. The molecule has 0 aliphatic rings. The molecule has 0 aliphatic carbocycles. The fraction of sp³-hybridized carbons (Fsp3) is 0.100. The number of anilines is 1. The van der Waals surface area contributed by atoms with E-state index < -0.39 is 11.6 Å². The first-order chi connectivity index (χ1) is 7.63. The number of aromatic nitrogens is 1. The Hall–Kier alpha value is -2.11. The fourth-order valence-electron chi connectivity index (χ4n) is 1.35. The summed E-state index contributed by atoms with van der Waals surface area (Å²) >= 11 is 0. The van der Waals surface area contributed by atoms with Crippen LogP contribution in [0.3, 0.4) is 0 Å². The Kier molecular flexibility index (Phi) is 2.47. The molecule has 84 valence electrons. The molecule has 0 aliphatic heterocycles. The summed E-state index contributed by atoms with van der Waals surface area (Å²) in [6.45, 7) is 0. The SMILES string of the molecule is COc1ccc(F)c(F)c1-c1cc(N)on1. The zero-order valence-electron chi connectivity index (χ0n) is 8.33. The highest BCUT2D eigenvalue weighted by Gasteiger charge is 2.19. The molecule has 0 saturated carbocycles. The third-order valence-electron chi connectivity index (χ3n) is 2.06. The van der Waals surface area contributed by atoms with E-state index in [1.54, 1.807) is 0 Å². The van der Waals surface area contributed by atoms with Crippen molar-refractivity contribution in [2.24, 2.45) is 0 Å². The van der Waals surface area contributed by atoms with E-state index in [1.165, 1.54) is 19.2 Å². The summed E-state index contributed by atoms with van der Waals surface area (Å²) in [5.74, 6) is -1.86. The van der Waals surface area contributed by atoms with Crippen LogP contribution in [0, 0.1) is 11.6 Å². The van der Waals surface area contributed by atoms with Gasteiger partial charge in [-0.15, -0.1) is 0 Å². The summed E-state index contributed by atoms with van der Waals surface area (Å²) in [6, 6.07) is 3.57. The Labute approximate surface area is 89.6 Å². The lowest BCUT2D eigenvalue weighted by molar-refractivity contribution is 0.406. The lowest BCUT2D eigenvalue weighted by atomic mass is 10.1. The van der Waals surface area contributed by atoms with Crippen molar-refractivity contribution >= 4 is 5.88 Å². The number of nitrogen functional groups attached to an aromatic ring is 1. The number of hydrogen-bond acceptors (Lipinski definition) is 4. The normalized spacial score (nSPS) is 10.4. The van der Waals surface area contributed by atoms with E-state index in [9.17, 15) is 8.78 Å². The Bertz CT molecular complexity index is 526. The van der Waals surface area contributed by atoms with Crippen molar-refractivity contribution in [3.63, 3.8) is 0 Å². The summed E-state index contributed by atoms with van der Waals surface area (Å²) in [6.07, 6.45) is 0. The topological polar surface area (TPSA) is 61.3 Å². The molecule has 0 radical (unpaired) electrons. The van der Waals surface area contributed by atoms with Crippen LogP contribution in [0.15, 0.2) is 22.7 Å². The summed E-state index contributed by atoms with van der Waals surface area (Å²) in [7, 11) is 1.35. The summed E-state index contributed by atoms with van der Waals surface area (Å²) in [5, 5.41) is 3.51. The first kappa shape index (κ1) is 10.4. The molecule has 1 heterocycles. The van der Waals surface area contributed by atoms with Gasteiger partial charge in [0.05, 0.1) is 12.7 Å². The summed E-state index contributed by atoms with van der Waals surface area (Å²) < 4.78 is 36.1. The second kappa shape index (κ2) is 3.80. The van der Waals surface area contributed by atoms with E-state index in [4.69, 9.17) is 10.5 Å². The van der Waals surface area contributed by atoms with Crippen LogP contribution in [-0.4, -0.2) is 12.3 Å². The molecule has 16 heavy (non-hydrogen) atoms. The van der Waals surface area contributed by atoms with E-state index in [0.29, 0.717) is 0 Å². The molecule has 2 aromatic rings. The molecule has 0 unspecified atom stereocenters. The minimum absolute atomic E-state index is 0.0146. The van der Waals surface area contributed by atoms with Gasteiger partial charge in [-0.25, -0.2) is 8.78 Å². The molecular weight excluding hydrogens is 218 g/mol. The summed E-state index contributed by atoms with van der Waals surface area (Å²) in [5.41, 5.74) is 5.29. The van der Waals surface area contributed by atoms with Gasteiger partial charge in [-0.3, -0.25) is 0 Å². The lowest BCUT2D eigenvalue weighted by Gasteiger charge is -2.06. The van der Waals surface area contributed by atoms with Crippen molar-refractivity contribution in [1.82, 2.24) is 5.16 Å². The second-order valence-electron chi connectivity index (χ2n) is 3.05. The first-order valence-electron chi connectivity index (χ1n) is 4.38. The van der Waals surface area contributed by atoms with Crippen molar-refractivity contribution in [3.8, 4) is 17.0 Å². The van der Waals surface area contributed by atoms with Crippen LogP contribution in [0.5, 0.6) is 5.75 Å². The smallest absolute Gasteiger partial charge is 0.222 e. The van der Waals surface area contributed by atoms with E-state index in [1.807, 2.05) is 0 Å². The predicted molar refractivity (Wildman–Crippen MR) is 52.8 cm³/mol. The molecule has 2 rings (SSSR count). The highest BCUT2D eigenvalue weighted by Crippen LogP contribution is 2.33. The maximum atomic E-state index is 13.6. The molecule has 0 saturated heterocycles. The van der Waals surface area contributed by atoms with Gasteiger partial charge in [-0.2, -0.15) is 0 Å². The largest absolute Gasteiger partial charge is 0.496 e. The lowest BCUT2D eigenvalue weighted by Crippen LogP contribution is -1.95. The Balaban J connectivity index is 2.66. The standard InChI is InChI=1S/C10H8F2N2O2/c1-15-7-3-2-5(11)10(12)9(7)6-4-8(13)16-14-6/h2-4H,13H2,1H3. The van der Waals surface area contributed by atoms with Crippen molar-refractivity contribution in [2.75, 3.05) is 12.8 Å². The van der Waals surface area contributed by atoms with E-state index in [2.05, 4.69) is 9.68 Å². The number of halogens is 2. The van der Waals surface area contributed by atoms with E-state index in [0.717, 1.165) is 6.07 Å². The fourth-order valence-corrected chi connectivity index (χ4v) is 1.35. The van der Waals surface area contributed by atoms with Gasteiger partial charge in [0.15, 0.2) is 11.6 Å². The minimum Gasteiger partial charge on any atom is -0.496 e. The van der Waals surface area contributed by atoms with Gasteiger partial charge in [0.2, 0.25) is 5.88 Å². The molecule has 6 heteroatoms. The van der Waals surface area contributed by atoms with Crippen LogP contribution in [0.2, 0.25) is 0 Å². The van der Waals surface area contributed by atoms with E-state index in [-0.39, 0.29) is 22.9 Å². The van der Waals surface area contributed by atoms with Crippen molar-refractivity contribution in [1.29, 1.82) is 0 Å². The van der Waals surface area contributed by atoms with Crippen LogP contribution in [0.25, 0.3) is 11.3 Å². The molecule has 0 spiro atoms. The number of nitrogens with zero attached hydrogens (tertiary/aromatic N) is 1. The molecule has 1 aromatic carbocycles. The molecule has 2 N–H and O–H groups in total. The molecule has 0 bridgehead atoms. The number of ether oxygens (including phenoxy) is 1. The van der Waals surface area contributed by atoms with Gasteiger partial charge in [0.1, 0.15) is 11.4 Å². The van der Waals surface area contributed by atoms with Crippen LogP contribution in [0.1, 0.15) is 0 Å². The molecule has 4 nitrogen and oxygen atoms in total. The second-order valence-corrected chi connectivity index (χ2v) is 3.05. The average molecular weight is 226 g/mol. The highest BCUT2D eigenvalue weighted by atomic mass is 19.2. The van der Waals surface area contributed by atoms with Gasteiger partial charge < -0.3 is 15.0 Å². The number of methoxy groups -OCH3 is 1. The van der Waals surface area contributed by atoms with Crippen LogP contribution < -0.4 is 10.5 Å². The maximum absolute atomic E-state index is 13.6. The predicted octanol–water partition coefficient (Wildman–Crippen LogP) is 2.21. The third-order valence-corrected chi connectivity index (χ3v) is 2.06. The van der Waals surface area contributed by atoms with Crippen LogP contribution in [0.4, 0.5) is 14.7 Å². The van der Waals surface area contributed by atoms with Gasteiger partial charge in [-0.1, -0.05) is 5.16 Å². The molecule has 0 amide bonds. The van der Waals surface area contributed by atoms with Crippen LogP contribution >= 0.6 is 0 Å².